The zero-order valence-electron chi connectivity index (χ0n) is 7.77. The zero-order chi connectivity index (χ0) is 11.4. The molecule has 0 saturated carbocycles. The van der Waals surface area contributed by atoms with Gasteiger partial charge >= 0.3 is 0 Å². The van der Waals surface area contributed by atoms with Crippen LogP contribution in [0, 0.1) is 11.8 Å². The monoisotopic (exact) mass is 219 g/mol. The predicted octanol–water partition coefficient (Wildman–Crippen LogP) is 0.136. The Morgan fingerprint density at radius 3 is 2.53 bits per heavy atom. The Hall–Kier alpha value is -1.11. The molecule has 84 valence electrons. The van der Waals surface area contributed by atoms with Crippen molar-refractivity contribution in [1.82, 2.24) is 4.98 Å². The first-order chi connectivity index (χ1) is 7.06. The summed E-state index contributed by atoms with van der Waals surface area (Å²) in [6.45, 7) is -0.310. The van der Waals surface area contributed by atoms with Crippen molar-refractivity contribution in [2.45, 2.75) is 18.6 Å². The fraction of sp³-hybridized carbons (Fsp3) is 0.444. The molecule has 1 aromatic heterocycles. The van der Waals surface area contributed by atoms with Crippen molar-refractivity contribution >= 4 is 0 Å². The molecule has 1 rings (SSSR count). The summed E-state index contributed by atoms with van der Waals surface area (Å²) in [4.78, 5) is 3.07. The summed E-state index contributed by atoms with van der Waals surface area (Å²) < 4.78 is 25.2. The lowest BCUT2D eigenvalue weighted by atomic mass is 10.0. The number of nitrogens with zero attached hydrogens (tertiary/aromatic N) is 1. The highest BCUT2D eigenvalue weighted by Gasteiger charge is 2.19. The SMILES string of the molecule is OCCC(O)C(O)c1cnc(F)c(F)c1. The van der Waals surface area contributed by atoms with Crippen molar-refractivity contribution in [2.24, 2.45) is 0 Å². The van der Waals surface area contributed by atoms with Crippen LogP contribution in [0.15, 0.2) is 12.3 Å². The third kappa shape index (κ3) is 2.92. The highest BCUT2D eigenvalue weighted by molar-refractivity contribution is 5.15. The van der Waals surface area contributed by atoms with E-state index < -0.39 is 24.0 Å². The second-order valence-electron chi connectivity index (χ2n) is 3.07. The van der Waals surface area contributed by atoms with Gasteiger partial charge in [-0.15, -0.1) is 0 Å². The maximum absolute atomic E-state index is 12.7. The van der Waals surface area contributed by atoms with Crippen LogP contribution in [0.25, 0.3) is 0 Å². The zero-order valence-corrected chi connectivity index (χ0v) is 7.77. The molecule has 3 N–H and O–H groups in total. The first-order valence-electron chi connectivity index (χ1n) is 4.34. The molecule has 2 unspecified atom stereocenters. The van der Waals surface area contributed by atoms with Crippen molar-refractivity contribution in [3.05, 3.63) is 29.6 Å². The van der Waals surface area contributed by atoms with Gasteiger partial charge in [-0.25, -0.2) is 9.37 Å². The fourth-order valence-electron chi connectivity index (χ4n) is 1.11. The predicted molar refractivity (Wildman–Crippen MR) is 46.8 cm³/mol. The van der Waals surface area contributed by atoms with Gasteiger partial charge in [-0.1, -0.05) is 0 Å². The normalized spacial score (nSPS) is 15.0. The number of hydrogen-bond donors (Lipinski definition) is 3. The summed E-state index contributed by atoms with van der Waals surface area (Å²) in [7, 11) is 0. The molecule has 0 bridgehead atoms. The third-order valence-corrected chi connectivity index (χ3v) is 1.95. The summed E-state index contributed by atoms with van der Waals surface area (Å²) in [5.74, 6) is -2.45. The van der Waals surface area contributed by atoms with Crippen LogP contribution < -0.4 is 0 Å². The molecule has 1 aromatic rings. The van der Waals surface area contributed by atoms with Gasteiger partial charge < -0.3 is 15.3 Å². The van der Waals surface area contributed by atoms with Crippen LogP contribution in [0.2, 0.25) is 0 Å². The van der Waals surface area contributed by atoms with Crippen molar-refractivity contribution in [3.8, 4) is 0 Å². The van der Waals surface area contributed by atoms with Gasteiger partial charge in [0, 0.05) is 18.4 Å². The van der Waals surface area contributed by atoms with E-state index in [4.69, 9.17) is 5.11 Å². The van der Waals surface area contributed by atoms with Crippen molar-refractivity contribution in [1.29, 1.82) is 0 Å². The lowest BCUT2D eigenvalue weighted by molar-refractivity contribution is 0.00379. The first kappa shape index (κ1) is 12.0. The van der Waals surface area contributed by atoms with E-state index in [0.717, 1.165) is 12.3 Å². The molecule has 0 fully saturated rings. The van der Waals surface area contributed by atoms with Gasteiger partial charge in [0.1, 0.15) is 6.10 Å². The molecule has 0 aliphatic rings. The smallest absolute Gasteiger partial charge is 0.248 e. The molecule has 4 nitrogen and oxygen atoms in total. The Kier molecular flexibility index (Phi) is 4.07. The maximum Gasteiger partial charge on any atom is 0.248 e. The lowest BCUT2D eigenvalue weighted by Crippen LogP contribution is -2.20. The minimum Gasteiger partial charge on any atom is -0.396 e. The van der Waals surface area contributed by atoms with Crippen LogP contribution in [0.4, 0.5) is 8.78 Å². The minimum atomic E-state index is -1.39. The number of rotatable bonds is 4. The van der Waals surface area contributed by atoms with E-state index in [2.05, 4.69) is 4.98 Å². The van der Waals surface area contributed by atoms with E-state index in [1.165, 1.54) is 0 Å². The van der Waals surface area contributed by atoms with E-state index in [1.54, 1.807) is 0 Å². The number of halogens is 2. The average Bonchev–Trinajstić information content (AvgIpc) is 2.21. The van der Waals surface area contributed by atoms with Gasteiger partial charge in [-0.2, -0.15) is 4.39 Å². The molecule has 6 heteroatoms. The van der Waals surface area contributed by atoms with Gasteiger partial charge in [0.15, 0.2) is 5.82 Å². The quantitative estimate of drug-likeness (QED) is 0.629. The lowest BCUT2D eigenvalue weighted by Gasteiger charge is -2.16. The Morgan fingerprint density at radius 1 is 1.33 bits per heavy atom. The van der Waals surface area contributed by atoms with Crippen LogP contribution in [-0.4, -0.2) is 33.0 Å². The number of pyridine rings is 1. The van der Waals surface area contributed by atoms with Crippen LogP contribution in [-0.2, 0) is 0 Å². The number of hydrogen-bond acceptors (Lipinski definition) is 4. The average molecular weight is 219 g/mol. The van der Waals surface area contributed by atoms with Crippen LogP contribution >= 0.6 is 0 Å². The van der Waals surface area contributed by atoms with Crippen molar-refractivity contribution in [2.75, 3.05) is 6.61 Å². The molecule has 0 radical (unpaired) electrons. The first-order valence-corrected chi connectivity index (χ1v) is 4.34. The molecule has 0 aromatic carbocycles. The Balaban J connectivity index is 2.81. The number of aromatic nitrogens is 1. The van der Waals surface area contributed by atoms with E-state index in [0.29, 0.717) is 0 Å². The highest BCUT2D eigenvalue weighted by Crippen LogP contribution is 2.19. The van der Waals surface area contributed by atoms with Crippen LogP contribution in [0.3, 0.4) is 0 Å². The van der Waals surface area contributed by atoms with Crippen LogP contribution in [0.1, 0.15) is 18.1 Å². The molecule has 1 heterocycles. The van der Waals surface area contributed by atoms with Gasteiger partial charge in [0.2, 0.25) is 5.95 Å². The van der Waals surface area contributed by atoms with Gasteiger partial charge in [-0.05, 0) is 12.5 Å². The van der Waals surface area contributed by atoms with Gasteiger partial charge in [-0.3, -0.25) is 0 Å². The van der Waals surface area contributed by atoms with Crippen molar-refractivity contribution < 1.29 is 24.1 Å². The van der Waals surface area contributed by atoms with Gasteiger partial charge in [0.25, 0.3) is 0 Å². The summed E-state index contributed by atoms with van der Waals surface area (Å²) in [5.41, 5.74) is -0.0325. The molecular weight excluding hydrogens is 208 g/mol. The van der Waals surface area contributed by atoms with Crippen molar-refractivity contribution in [3.63, 3.8) is 0 Å². The second-order valence-corrected chi connectivity index (χ2v) is 3.07. The standard InChI is InChI=1S/C9H11F2NO3/c10-6-3-5(4-12-9(6)11)8(15)7(14)1-2-13/h3-4,7-8,13-15H,1-2H2. The van der Waals surface area contributed by atoms with Crippen LogP contribution in [0.5, 0.6) is 0 Å². The molecule has 15 heavy (non-hydrogen) atoms. The molecule has 0 aliphatic carbocycles. The Labute approximate surface area is 84.8 Å². The molecule has 2 atom stereocenters. The summed E-state index contributed by atoms with van der Waals surface area (Å²) >= 11 is 0. The van der Waals surface area contributed by atoms with E-state index >= 15 is 0 Å². The Bertz CT molecular complexity index is 335. The topological polar surface area (TPSA) is 73.6 Å². The van der Waals surface area contributed by atoms with E-state index in [1.807, 2.05) is 0 Å². The van der Waals surface area contributed by atoms with E-state index in [-0.39, 0.29) is 18.6 Å². The molecule has 0 saturated heterocycles. The largest absolute Gasteiger partial charge is 0.396 e. The molecule has 0 aliphatic heterocycles. The maximum atomic E-state index is 12.7. The number of aliphatic hydroxyl groups excluding tert-OH is 3. The molecular formula is C9H11F2NO3. The second kappa shape index (κ2) is 5.11. The fourth-order valence-corrected chi connectivity index (χ4v) is 1.11. The molecule has 0 amide bonds. The number of aliphatic hydroxyl groups is 3. The Morgan fingerprint density at radius 2 is 2.00 bits per heavy atom. The summed E-state index contributed by atoms with van der Waals surface area (Å²) in [5, 5.41) is 27.2. The summed E-state index contributed by atoms with van der Waals surface area (Å²) in [6, 6.07) is 0.758. The minimum absolute atomic E-state index is 0.0325. The van der Waals surface area contributed by atoms with Gasteiger partial charge in [0.05, 0.1) is 6.10 Å². The third-order valence-electron chi connectivity index (χ3n) is 1.95. The highest BCUT2D eigenvalue weighted by atomic mass is 19.2. The summed E-state index contributed by atoms with van der Waals surface area (Å²) in [6.07, 6.45) is -1.74. The van der Waals surface area contributed by atoms with E-state index in [9.17, 15) is 19.0 Å². The molecule has 0 spiro atoms.